The van der Waals surface area contributed by atoms with Crippen LogP contribution in [0, 0.1) is 0 Å². The Kier molecular flexibility index (Phi) is 4.84. The van der Waals surface area contributed by atoms with E-state index in [9.17, 15) is 0 Å². The summed E-state index contributed by atoms with van der Waals surface area (Å²) in [6, 6.07) is 3.89. The normalized spacial score (nSPS) is 9.14. The maximum absolute atomic E-state index is 5.30. The Bertz CT molecular complexity index is 286. The van der Waals surface area contributed by atoms with Gasteiger partial charge in [0.15, 0.2) is 5.75 Å². The molecule has 0 fully saturated rings. The fourth-order valence-corrected chi connectivity index (χ4v) is 3.23. The van der Waals surface area contributed by atoms with Crippen molar-refractivity contribution >= 4 is 34.8 Å². The van der Waals surface area contributed by atoms with E-state index in [0.717, 1.165) is 5.75 Å². The van der Waals surface area contributed by atoms with Crippen LogP contribution in [0.4, 0.5) is 0 Å². The second kappa shape index (κ2) is 5.68. The van der Waals surface area contributed by atoms with Crippen molar-refractivity contribution in [3.05, 3.63) is 12.1 Å². The molecule has 0 unspecified atom stereocenters. The molecule has 0 atom stereocenters. The Balaban J connectivity index is 3.28. The van der Waals surface area contributed by atoms with Gasteiger partial charge in [0.2, 0.25) is 5.75 Å². The van der Waals surface area contributed by atoms with Crippen molar-refractivity contribution in [1.29, 1.82) is 0 Å². The zero-order valence-corrected chi connectivity index (χ0v) is 11.5. The van der Waals surface area contributed by atoms with E-state index in [1.165, 1.54) is 3.69 Å². The van der Waals surface area contributed by atoms with Crippen LogP contribution in [0.25, 0.3) is 0 Å². The van der Waals surface area contributed by atoms with Gasteiger partial charge in [0.25, 0.3) is 0 Å². The van der Waals surface area contributed by atoms with E-state index >= 15 is 0 Å². The van der Waals surface area contributed by atoms with Crippen LogP contribution in [0.3, 0.4) is 0 Å². The number of hydrogen-bond acceptors (Lipinski definition) is 3. The lowest BCUT2D eigenvalue weighted by molar-refractivity contribution is 0.326. The van der Waals surface area contributed by atoms with Gasteiger partial charge in [-0.3, -0.25) is 12.9 Å². The highest BCUT2D eigenvalue weighted by molar-refractivity contribution is 9.23. The highest BCUT2D eigenvalue weighted by atomic mass is 79.9. The minimum absolute atomic E-state index is 0.451. The van der Waals surface area contributed by atoms with Crippen LogP contribution in [-0.2, 0) is 0 Å². The number of benzene rings is 1. The van der Waals surface area contributed by atoms with Crippen molar-refractivity contribution in [2.75, 3.05) is 21.3 Å². The number of ether oxygens (including phenoxy) is 3. The molecule has 0 aliphatic carbocycles. The molecule has 0 heterocycles. The first-order valence-corrected chi connectivity index (χ1v) is 8.72. The molecule has 0 saturated heterocycles. The number of halogens is 1. The van der Waals surface area contributed by atoms with Gasteiger partial charge in [-0.15, -0.1) is 3.69 Å². The molecule has 14 heavy (non-hydrogen) atoms. The summed E-state index contributed by atoms with van der Waals surface area (Å²) >= 11 is 3.07. The third kappa shape index (κ3) is 2.27. The van der Waals surface area contributed by atoms with E-state index in [1.54, 1.807) is 21.3 Å². The molecule has 0 radical (unpaired) electrons. The Hall–Kier alpha value is -0.134. The Morgan fingerprint density at radius 2 is 1.64 bits per heavy atom. The van der Waals surface area contributed by atoms with Crippen LogP contribution < -0.4 is 17.9 Å². The van der Waals surface area contributed by atoms with Gasteiger partial charge in [-0.2, -0.15) is 0 Å². The number of rotatable bonds is 4. The first kappa shape index (κ1) is 11.9. The molecule has 0 spiro atoms. The molecule has 0 amide bonds. The molecular weight excluding hydrogens is 260 g/mol. The van der Waals surface area contributed by atoms with E-state index in [4.69, 9.17) is 14.2 Å². The maximum atomic E-state index is 5.30. The highest BCUT2D eigenvalue weighted by Gasteiger charge is 2.14. The van der Waals surface area contributed by atoms with Crippen molar-refractivity contribution in [3.8, 4) is 17.2 Å². The molecule has 74 valence electrons. The molecule has 0 aliphatic heterocycles. The van der Waals surface area contributed by atoms with Crippen LogP contribution in [-0.4, -0.2) is 39.5 Å². The average Bonchev–Trinajstić information content (AvgIpc) is 2.26. The summed E-state index contributed by atoms with van der Waals surface area (Å²) in [4.78, 5) is 0. The van der Waals surface area contributed by atoms with Crippen molar-refractivity contribution in [1.82, 2.24) is 0 Å². The highest BCUT2D eigenvalue weighted by Crippen LogP contribution is 2.34. The third-order valence-corrected chi connectivity index (χ3v) is 4.59. The fourth-order valence-electron chi connectivity index (χ4n) is 1.27. The molecule has 3 nitrogen and oxygen atoms in total. The van der Waals surface area contributed by atoms with Gasteiger partial charge in [0.1, 0.15) is 5.75 Å². The minimum Gasteiger partial charge on any atom is -0.495 e. The van der Waals surface area contributed by atoms with Crippen LogP contribution in [0.5, 0.6) is 17.2 Å². The molecule has 1 aromatic rings. The summed E-state index contributed by atoms with van der Waals surface area (Å²) in [7, 11) is 4.86. The van der Waals surface area contributed by atoms with Gasteiger partial charge in [0, 0.05) is 0 Å². The molecule has 5 heteroatoms. The second-order valence-electron chi connectivity index (χ2n) is 2.63. The van der Waals surface area contributed by atoms with Gasteiger partial charge >= 0.3 is 18.2 Å². The molecule has 0 bridgehead atoms. The summed E-state index contributed by atoms with van der Waals surface area (Å²) in [5.41, 5.74) is 0. The zero-order valence-electron chi connectivity index (χ0n) is 8.46. The van der Waals surface area contributed by atoms with Crippen molar-refractivity contribution in [3.63, 3.8) is 0 Å². The lowest BCUT2D eigenvalue weighted by Gasteiger charge is -2.14. The average molecular weight is 271 g/mol. The fraction of sp³-hybridized carbons (Fsp3) is 0.333. The van der Waals surface area contributed by atoms with E-state index in [1.807, 2.05) is 12.1 Å². The summed E-state index contributed by atoms with van der Waals surface area (Å²) < 4.78 is 16.9. The Labute approximate surface area is 99.3 Å². The van der Waals surface area contributed by atoms with Gasteiger partial charge in [-0.25, -0.2) is 0 Å². The lowest BCUT2D eigenvalue weighted by Crippen LogP contribution is -2.13. The Morgan fingerprint density at radius 1 is 1.00 bits per heavy atom. The smallest absolute Gasteiger partial charge is 0.495 e. The maximum Gasteiger partial charge on any atom is 0.513 e. The SMILES string of the molecule is COc1cc[c]([Mg][Br])c(OC)c1OC. The molecule has 0 N–H and O–H groups in total. The zero-order chi connectivity index (χ0) is 10.6. The Morgan fingerprint density at radius 3 is 2.07 bits per heavy atom. The van der Waals surface area contributed by atoms with Crippen LogP contribution >= 0.6 is 12.9 Å². The van der Waals surface area contributed by atoms with Crippen molar-refractivity contribution in [2.45, 2.75) is 0 Å². The van der Waals surface area contributed by atoms with Gasteiger partial charge in [0.05, 0.1) is 21.3 Å². The second-order valence-corrected chi connectivity index (χ2v) is 5.34. The number of hydrogen-bond donors (Lipinski definition) is 0. The monoisotopic (exact) mass is 270 g/mol. The molecule has 0 aromatic heterocycles. The number of methoxy groups -OCH3 is 3. The third-order valence-electron chi connectivity index (χ3n) is 1.93. The largest absolute Gasteiger partial charge is 0.513 e. The van der Waals surface area contributed by atoms with E-state index < -0.39 is 18.2 Å². The van der Waals surface area contributed by atoms with Crippen LogP contribution in [0.15, 0.2) is 12.1 Å². The lowest BCUT2D eigenvalue weighted by atomic mass is 10.3. The summed E-state index contributed by atoms with van der Waals surface area (Å²) in [6.07, 6.45) is 0. The summed E-state index contributed by atoms with van der Waals surface area (Å²) in [5.74, 6) is 2.14. The first-order valence-electron chi connectivity index (χ1n) is 4.12. The van der Waals surface area contributed by atoms with Gasteiger partial charge in [-0.1, -0.05) is 6.07 Å². The predicted molar refractivity (Wildman–Crippen MR) is 60.4 cm³/mol. The van der Waals surface area contributed by atoms with Gasteiger partial charge in [-0.05, 0) is 6.07 Å². The standard InChI is InChI=1S/C9H11O3.BrH.Mg/c1-10-7-5-4-6-8(11-2)9(7)12-3;;/h4-5H,1-3H3;1H;/q;;+1/p-1. The first-order chi connectivity index (χ1) is 6.78. The topological polar surface area (TPSA) is 27.7 Å². The minimum atomic E-state index is -0.451. The van der Waals surface area contributed by atoms with Crippen molar-refractivity contribution in [2.24, 2.45) is 0 Å². The molecular formula is C9H11BrMgO3. The van der Waals surface area contributed by atoms with E-state index in [2.05, 4.69) is 12.9 Å². The quantitative estimate of drug-likeness (QED) is 0.774. The van der Waals surface area contributed by atoms with Crippen LogP contribution in [0.1, 0.15) is 0 Å². The van der Waals surface area contributed by atoms with E-state index in [0.29, 0.717) is 11.5 Å². The van der Waals surface area contributed by atoms with Crippen LogP contribution in [0.2, 0.25) is 0 Å². The molecule has 0 saturated carbocycles. The van der Waals surface area contributed by atoms with E-state index in [-0.39, 0.29) is 0 Å². The molecule has 1 aromatic carbocycles. The molecule has 1 rings (SSSR count). The van der Waals surface area contributed by atoms with Gasteiger partial charge < -0.3 is 14.2 Å². The summed E-state index contributed by atoms with van der Waals surface area (Å²) in [6.45, 7) is 0. The predicted octanol–water partition coefficient (Wildman–Crippen LogP) is 1.35. The molecule has 0 aliphatic rings. The summed E-state index contributed by atoms with van der Waals surface area (Å²) in [5, 5.41) is 0. The van der Waals surface area contributed by atoms with Crippen molar-refractivity contribution < 1.29 is 14.2 Å².